The Morgan fingerprint density at radius 3 is 2.67 bits per heavy atom. The molecule has 0 saturated heterocycles. The predicted molar refractivity (Wildman–Crippen MR) is 88.2 cm³/mol. The predicted octanol–water partition coefficient (Wildman–Crippen LogP) is 5.70. The maximum absolute atomic E-state index is 6.50. The van der Waals surface area contributed by atoms with Crippen molar-refractivity contribution in [1.82, 2.24) is 0 Å². The van der Waals surface area contributed by atoms with Gasteiger partial charge in [-0.25, -0.2) is 0 Å². The van der Waals surface area contributed by atoms with Crippen LogP contribution in [-0.2, 0) is 0 Å². The molecule has 0 spiro atoms. The highest BCUT2D eigenvalue weighted by molar-refractivity contribution is 6.20. The fraction of sp³-hybridized carbons (Fsp3) is 0.368. The van der Waals surface area contributed by atoms with Crippen molar-refractivity contribution >= 4 is 11.6 Å². The van der Waals surface area contributed by atoms with Crippen molar-refractivity contribution in [3.63, 3.8) is 0 Å². The molecule has 0 radical (unpaired) electrons. The summed E-state index contributed by atoms with van der Waals surface area (Å²) in [7, 11) is 0. The lowest BCUT2D eigenvalue weighted by Gasteiger charge is -2.26. The van der Waals surface area contributed by atoms with E-state index in [1.54, 1.807) is 0 Å². The third-order valence-corrected chi connectivity index (χ3v) is 4.72. The Kier molecular flexibility index (Phi) is 4.82. The van der Waals surface area contributed by atoms with Crippen LogP contribution in [0, 0.1) is 0 Å². The van der Waals surface area contributed by atoms with Gasteiger partial charge in [0.2, 0.25) is 0 Å². The van der Waals surface area contributed by atoms with Crippen molar-refractivity contribution in [3.05, 3.63) is 65.7 Å². The molecule has 0 fully saturated rings. The van der Waals surface area contributed by atoms with Crippen LogP contribution in [0.15, 0.2) is 54.6 Å². The Bertz CT molecular complexity index is 567. The molecular formula is C19H21ClO. The number of hydrogen-bond acceptors (Lipinski definition) is 1. The third-order valence-electron chi connectivity index (χ3n) is 4.25. The number of hydrogen-bond donors (Lipinski definition) is 0. The van der Waals surface area contributed by atoms with E-state index in [2.05, 4.69) is 42.5 Å². The van der Waals surface area contributed by atoms with Crippen LogP contribution in [0.3, 0.4) is 0 Å². The lowest BCUT2D eigenvalue weighted by Crippen LogP contribution is -2.14. The number of rotatable bonds is 5. The average Bonchev–Trinajstić information content (AvgIpc) is 2.56. The molecule has 1 nitrogen and oxygen atoms in total. The quantitative estimate of drug-likeness (QED) is 0.643. The van der Waals surface area contributed by atoms with Crippen LogP contribution in [0.25, 0.3) is 0 Å². The molecule has 1 aliphatic heterocycles. The molecule has 2 unspecified atom stereocenters. The van der Waals surface area contributed by atoms with Crippen LogP contribution in [0.1, 0.15) is 48.1 Å². The molecule has 1 heterocycles. The molecule has 0 bridgehead atoms. The summed E-state index contributed by atoms with van der Waals surface area (Å²) in [6.45, 7) is 0.838. The smallest absolute Gasteiger partial charge is 0.122 e. The van der Waals surface area contributed by atoms with E-state index in [1.807, 2.05) is 12.1 Å². The Morgan fingerprint density at radius 1 is 1.05 bits per heavy atom. The van der Waals surface area contributed by atoms with Crippen molar-refractivity contribution in [1.29, 1.82) is 0 Å². The highest BCUT2D eigenvalue weighted by Crippen LogP contribution is 2.37. The van der Waals surface area contributed by atoms with Gasteiger partial charge < -0.3 is 4.74 Å². The zero-order valence-electron chi connectivity index (χ0n) is 12.2. The molecule has 0 aliphatic carbocycles. The van der Waals surface area contributed by atoms with Gasteiger partial charge in [-0.05, 0) is 42.4 Å². The zero-order valence-corrected chi connectivity index (χ0v) is 12.9. The Balaban J connectivity index is 1.55. The molecule has 0 N–H and O–H groups in total. The summed E-state index contributed by atoms with van der Waals surface area (Å²) in [5.74, 6) is 1.69. The maximum Gasteiger partial charge on any atom is 0.122 e. The number of benzene rings is 2. The fourth-order valence-electron chi connectivity index (χ4n) is 3.09. The van der Waals surface area contributed by atoms with Crippen LogP contribution in [0.5, 0.6) is 5.75 Å². The largest absolute Gasteiger partial charge is 0.493 e. The minimum atomic E-state index is 0.126. The molecule has 0 aromatic heterocycles. The number of alkyl halides is 1. The van der Waals surface area contributed by atoms with Gasteiger partial charge >= 0.3 is 0 Å². The Morgan fingerprint density at radius 2 is 1.81 bits per heavy atom. The summed E-state index contributed by atoms with van der Waals surface area (Å²) in [6, 6.07) is 18.8. The van der Waals surface area contributed by atoms with Gasteiger partial charge in [0, 0.05) is 0 Å². The van der Waals surface area contributed by atoms with Crippen LogP contribution in [-0.4, -0.2) is 6.61 Å². The summed E-state index contributed by atoms with van der Waals surface area (Å²) in [5, 5.41) is 0.126. The molecule has 2 aromatic rings. The maximum atomic E-state index is 6.50. The first-order chi connectivity index (χ1) is 10.3. The van der Waals surface area contributed by atoms with E-state index >= 15 is 0 Å². The van der Waals surface area contributed by atoms with Crippen molar-refractivity contribution in [2.24, 2.45) is 0 Å². The first-order valence-electron chi connectivity index (χ1n) is 7.75. The van der Waals surface area contributed by atoms with Gasteiger partial charge in [-0.2, -0.15) is 0 Å². The summed E-state index contributed by atoms with van der Waals surface area (Å²) in [6.07, 6.45) is 4.50. The van der Waals surface area contributed by atoms with E-state index in [0.717, 1.165) is 31.6 Å². The van der Waals surface area contributed by atoms with Crippen LogP contribution < -0.4 is 4.74 Å². The van der Waals surface area contributed by atoms with E-state index in [4.69, 9.17) is 16.3 Å². The SMILES string of the molecule is ClC(CCCC1CCOc2ccccc21)c1ccccc1. The van der Waals surface area contributed by atoms with Gasteiger partial charge in [0.05, 0.1) is 12.0 Å². The summed E-state index contributed by atoms with van der Waals surface area (Å²) in [4.78, 5) is 0. The van der Waals surface area contributed by atoms with Gasteiger partial charge in [0.1, 0.15) is 5.75 Å². The minimum absolute atomic E-state index is 0.126. The van der Waals surface area contributed by atoms with E-state index in [-0.39, 0.29) is 5.38 Å². The topological polar surface area (TPSA) is 9.23 Å². The summed E-state index contributed by atoms with van der Waals surface area (Å²) in [5.41, 5.74) is 2.60. The van der Waals surface area contributed by atoms with Crippen molar-refractivity contribution in [2.45, 2.75) is 37.0 Å². The molecule has 3 rings (SSSR count). The van der Waals surface area contributed by atoms with Gasteiger partial charge in [0.15, 0.2) is 0 Å². The molecular weight excluding hydrogens is 280 g/mol. The summed E-state index contributed by atoms with van der Waals surface area (Å²) >= 11 is 6.50. The highest BCUT2D eigenvalue weighted by Gasteiger charge is 2.20. The molecule has 110 valence electrons. The number of para-hydroxylation sites is 1. The van der Waals surface area contributed by atoms with E-state index < -0.39 is 0 Å². The first kappa shape index (κ1) is 14.5. The lowest BCUT2D eigenvalue weighted by molar-refractivity contribution is 0.261. The molecule has 21 heavy (non-hydrogen) atoms. The lowest BCUT2D eigenvalue weighted by atomic mass is 9.88. The first-order valence-corrected chi connectivity index (χ1v) is 8.19. The molecule has 2 aromatic carbocycles. The normalized spacial score (nSPS) is 18.6. The molecule has 1 aliphatic rings. The number of fused-ring (bicyclic) bond motifs is 1. The fourth-order valence-corrected chi connectivity index (χ4v) is 3.39. The van der Waals surface area contributed by atoms with Gasteiger partial charge in [0.25, 0.3) is 0 Å². The monoisotopic (exact) mass is 300 g/mol. The standard InChI is InChI=1S/C19H21ClO/c20-18(16-7-2-1-3-8-16)11-6-9-15-13-14-21-19-12-5-4-10-17(15)19/h1-5,7-8,10,12,15,18H,6,9,11,13-14H2. The highest BCUT2D eigenvalue weighted by atomic mass is 35.5. The van der Waals surface area contributed by atoms with E-state index in [0.29, 0.717) is 5.92 Å². The van der Waals surface area contributed by atoms with Crippen molar-refractivity contribution < 1.29 is 4.74 Å². The minimum Gasteiger partial charge on any atom is -0.493 e. The van der Waals surface area contributed by atoms with E-state index in [1.165, 1.54) is 17.5 Å². The van der Waals surface area contributed by atoms with Crippen molar-refractivity contribution in [2.75, 3.05) is 6.61 Å². The molecule has 2 heteroatoms. The van der Waals surface area contributed by atoms with E-state index in [9.17, 15) is 0 Å². The summed E-state index contributed by atoms with van der Waals surface area (Å²) < 4.78 is 5.72. The third kappa shape index (κ3) is 3.59. The van der Waals surface area contributed by atoms with Gasteiger partial charge in [-0.15, -0.1) is 11.6 Å². The zero-order chi connectivity index (χ0) is 14.5. The Labute approximate surface area is 131 Å². The second-order valence-corrected chi connectivity index (χ2v) is 6.21. The van der Waals surface area contributed by atoms with Crippen LogP contribution in [0.4, 0.5) is 0 Å². The molecule has 0 amide bonds. The second kappa shape index (κ2) is 7.00. The second-order valence-electron chi connectivity index (χ2n) is 5.68. The van der Waals surface area contributed by atoms with Crippen molar-refractivity contribution in [3.8, 4) is 5.75 Å². The van der Waals surface area contributed by atoms with Crippen LogP contribution in [0.2, 0.25) is 0 Å². The number of ether oxygens (including phenoxy) is 1. The molecule has 2 atom stereocenters. The molecule has 0 saturated carbocycles. The number of halogens is 1. The van der Waals surface area contributed by atoms with Gasteiger partial charge in [-0.1, -0.05) is 55.0 Å². The van der Waals surface area contributed by atoms with Gasteiger partial charge in [-0.3, -0.25) is 0 Å². The van der Waals surface area contributed by atoms with Crippen LogP contribution >= 0.6 is 11.6 Å². The average molecular weight is 301 g/mol. The Hall–Kier alpha value is -1.47.